The van der Waals surface area contributed by atoms with Gasteiger partial charge in [0.2, 0.25) is 0 Å². The van der Waals surface area contributed by atoms with Crippen molar-refractivity contribution >= 4 is 17.6 Å². The summed E-state index contributed by atoms with van der Waals surface area (Å²) in [5.74, 6) is 0. The van der Waals surface area contributed by atoms with Crippen molar-refractivity contribution in [2.45, 2.75) is 37.1 Å². The highest BCUT2D eigenvalue weighted by atomic mass is 28.4. The highest BCUT2D eigenvalue weighted by Crippen LogP contribution is 2.03. The van der Waals surface area contributed by atoms with Crippen LogP contribution in [0.3, 0.4) is 0 Å². The largest absolute Gasteiger partial charge is 0.492 e. The van der Waals surface area contributed by atoms with Crippen molar-refractivity contribution in [2.24, 2.45) is 5.73 Å². The first-order valence-corrected chi connectivity index (χ1v) is 16.9. The number of hydrogen-bond donors (Lipinski definition) is 12. The lowest BCUT2D eigenvalue weighted by Gasteiger charge is -2.25. The standard InChI is InChI=1S/C20H51N5O10Si2/c21-3-4-22-7-9-25(16-20(27)18-35-12-2-14-37(31,32)33)10-8-23-5-6-24-15-19(26)17-34-11-1-13-36(28,29)30/h19-20,22-24,26-33H,1-18,21H2. The molecule has 0 amide bonds. The number of nitrogens with zero attached hydrogens (tertiary/aromatic N) is 1. The molecular formula is C20H51N5O10Si2. The van der Waals surface area contributed by atoms with Gasteiger partial charge in [0.25, 0.3) is 0 Å². The van der Waals surface area contributed by atoms with Gasteiger partial charge >= 0.3 is 17.6 Å². The fourth-order valence-electron chi connectivity index (χ4n) is 3.24. The van der Waals surface area contributed by atoms with Crippen LogP contribution in [0.1, 0.15) is 12.8 Å². The van der Waals surface area contributed by atoms with E-state index in [1.165, 1.54) is 0 Å². The molecular weight excluding hydrogens is 526 g/mol. The van der Waals surface area contributed by atoms with Gasteiger partial charge in [-0.25, -0.2) is 0 Å². The SMILES string of the molecule is NCCNCCN(CCNCCNCC(O)COCCC[Si](O)(O)O)CC(O)COCCC[Si](O)(O)O. The Morgan fingerprint density at radius 1 is 0.676 bits per heavy atom. The van der Waals surface area contributed by atoms with Gasteiger partial charge in [-0.3, -0.25) is 4.90 Å². The summed E-state index contributed by atoms with van der Waals surface area (Å²) in [6.07, 6.45) is -0.787. The molecule has 15 nitrogen and oxygen atoms in total. The topological polar surface area (TPSA) is 246 Å². The molecule has 0 aliphatic heterocycles. The zero-order valence-electron chi connectivity index (χ0n) is 21.8. The van der Waals surface area contributed by atoms with Crippen LogP contribution in [0.25, 0.3) is 0 Å². The van der Waals surface area contributed by atoms with Crippen LogP contribution < -0.4 is 21.7 Å². The monoisotopic (exact) mass is 577 g/mol. The summed E-state index contributed by atoms with van der Waals surface area (Å²) in [5.41, 5.74) is 5.50. The fraction of sp³-hybridized carbons (Fsp3) is 1.00. The molecule has 17 heteroatoms. The first kappa shape index (κ1) is 36.8. The normalized spacial score (nSPS) is 14.4. The molecule has 0 saturated carbocycles. The molecule has 0 bridgehead atoms. The van der Waals surface area contributed by atoms with E-state index < -0.39 is 29.8 Å². The predicted octanol–water partition coefficient (Wildman–Crippen LogP) is -5.62. The fourth-order valence-corrected chi connectivity index (χ4v) is 4.47. The second kappa shape index (κ2) is 22.6. The van der Waals surface area contributed by atoms with Gasteiger partial charge in [0.1, 0.15) is 0 Å². The number of nitrogens with two attached hydrogens (primary N) is 1. The van der Waals surface area contributed by atoms with E-state index in [1.54, 1.807) is 0 Å². The van der Waals surface area contributed by atoms with Gasteiger partial charge in [-0.15, -0.1) is 0 Å². The summed E-state index contributed by atoms with van der Waals surface area (Å²) < 4.78 is 10.6. The Bertz CT molecular complexity index is 521. The third-order valence-corrected chi connectivity index (χ3v) is 7.13. The van der Waals surface area contributed by atoms with Crippen molar-refractivity contribution in [3.8, 4) is 0 Å². The minimum Gasteiger partial charge on any atom is -0.390 e. The van der Waals surface area contributed by atoms with Gasteiger partial charge in [-0.05, 0) is 12.8 Å². The Hall–Kier alpha value is -0.166. The van der Waals surface area contributed by atoms with Gasteiger partial charge in [0.15, 0.2) is 0 Å². The lowest BCUT2D eigenvalue weighted by atomic mass is 10.3. The average Bonchev–Trinajstić information content (AvgIpc) is 2.79. The number of aliphatic hydroxyl groups excluding tert-OH is 2. The van der Waals surface area contributed by atoms with Crippen molar-refractivity contribution in [2.75, 3.05) is 91.9 Å². The van der Waals surface area contributed by atoms with Crippen molar-refractivity contribution < 1.29 is 48.5 Å². The number of hydrogen-bond acceptors (Lipinski definition) is 15. The number of ether oxygens (including phenoxy) is 2. The smallest absolute Gasteiger partial charge is 0.390 e. The number of rotatable bonds is 27. The van der Waals surface area contributed by atoms with E-state index >= 15 is 0 Å². The highest BCUT2D eigenvalue weighted by molar-refractivity contribution is 6.56. The molecule has 224 valence electrons. The third kappa shape index (κ3) is 28.7. The maximum atomic E-state index is 10.3. The van der Waals surface area contributed by atoms with Gasteiger partial charge < -0.3 is 70.1 Å². The van der Waals surface area contributed by atoms with Gasteiger partial charge in [0.05, 0.1) is 25.4 Å². The lowest BCUT2D eigenvalue weighted by molar-refractivity contribution is 0.0165. The molecule has 0 aliphatic carbocycles. The maximum Gasteiger partial charge on any atom is 0.492 e. The van der Waals surface area contributed by atoms with Crippen LogP contribution in [0, 0.1) is 0 Å². The van der Waals surface area contributed by atoms with E-state index in [2.05, 4.69) is 20.9 Å². The zero-order chi connectivity index (χ0) is 28.0. The summed E-state index contributed by atoms with van der Waals surface area (Å²) in [5, 5.41) is 29.8. The first-order chi connectivity index (χ1) is 17.4. The second-order valence-electron chi connectivity index (χ2n) is 9.01. The predicted molar refractivity (Wildman–Crippen MR) is 141 cm³/mol. The number of aliphatic hydroxyl groups is 2. The Labute approximate surface area is 222 Å². The van der Waals surface area contributed by atoms with Crippen LogP contribution in [-0.4, -0.2) is 166 Å². The molecule has 0 aliphatic rings. The summed E-state index contributed by atoms with van der Waals surface area (Å²) in [6.45, 7) is 6.85. The van der Waals surface area contributed by atoms with Crippen LogP contribution in [0.15, 0.2) is 0 Å². The van der Waals surface area contributed by atoms with Crippen LogP contribution in [-0.2, 0) is 9.47 Å². The lowest BCUT2D eigenvalue weighted by Crippen LogP contribution is -2.43. The zero-order valence-corrected chi connectivity index (χ0v) is 23.8. The van der Waals surface area contributed by atoms with Gasteiger partial charge in [-0.1, -0.05) is 0 Å². The molecule has 0 aromatic heterocycles. The first-order valence-electron chi connectivity index (χ1n) is 12.8. The van der Waals surface area contributed by atoms with E-state index in [1.807, 2.05) is 0 Å². The quantitative estimate of drug-likeness (QED) is 0.0321. The minimum absolute atomic E-state index is 0.0919. The van der Waals surface area contributed by atoms with E-state index in [-0.39, 0.29) is 38.5 Å². The molecule has 0 fully saturated rings. The highest BCUT2D eigenvalue weighted by Gasteiger charge is 2.26. The number of nitrogens with one attached hydrogen (secondary N) is 3. The van der Waals surface area contributed by atoms with Crippen LogP contribution in [0.4, 0.5) is 0 Å². The minimum atomic E-state index is -4.05. The van der Waals surface area contributed by atoms with E-state index in [4.69, 9.17) is 44.0 Å². The molecule has 0 spiro atoms. The molecule has 2 atom stereocenters. The van der Waals surface area contributed by atoms with Crippen molar-refractivity contribution in [1.29, 1.82) is 0 Å². The van der Waals surface area contributed by atoms with Crippen LogP contribution in [0.2, 0.25) is 12.1 Å². The molecule has 0 radical (unpaired) electrons. The maximum absolute atomic E-state index is 10.3. The molecule has 0 heterocycles. The molecule has 0 aromatic rings. The van der Waals surface area contributed by atoms with Crippen LogP contribution in [0.5, 0.6) is 0 Å². The van der Waals surface area contributed by atoms with E-state index in [9.17, 15) is 10.2 Å². The molecule has 13 N–H and O–H groups in total. The van der Waals surface area contributed by atoms with Crippen LogP contribution >= 0.6 is 0 Å². The van der Waals surface area contributed by atoms with Crippen molar-refractivity contribution in [3.63, 3.8) is 0 Å². The molecule has 0 rings (SSSR count). The Morgan fingerprint density at radius 2 is 1.16 bits per heavy atom. The Balaban J connectivity index is 3.97. The van der Waals surface area contributed by atoms with E-state index in [0.717, 1.165) is 13.1 Å². The Morgan fingerprint density at radius 3 is 1.68 bits per heavy atom. The molecule has 0 aromatic carbocycles. The van der Waals surface area contributed by atoms with Gasteiger partial charge in [0, 0.05) is 90.7 Å². The van der Waals surface area contributed by atoms with E-state index in [0.29, 0.717) is 65.2 Å². The molecule has 2 unspecified atom stereocenters. The summed E-state index contributed by atoms with van der Waals surface area (Å²) in [6, 6.07) is -0.190. The second-order valence-corrected chi connectivity index (χ2v) is 13.1. The third-order valence-electron chi connectivity index (χ3n) is 5.08. The van der Waals surface area contributed by atoms with Gasteiger partial charge in [-0.2, -0.15) is 0 Å². The van der Waals surface area contributed by atoms with Crippen molar-refractivity contribution in [1.82, 2.24) is 20.9 Å². The summed E-state index contributed by atoms with van der Waals surface area (Å²) in [4.78, 5) is 55.8. The summed E-state index contributed by atoms with van der Waals surface area (Å²) in [7, 11) is -8.07. The molecule has 37 heavy (non-hydrogen) atoms. The Kier molecular flexibility index (Phi) is 22.5. The summed E-state index contributed by atoms with van der Waals surface area (Å²) >= 11 is 0. The molecule has 0 saturated heterocycles. The van der Waals surface area contributed by atoms with Crippen molar-refractivity contribution in [3.05, 3.63) is 0 Å². The average molecular weight is 578 g/mol.